The van der Waals surface area contributed by atoms with E-state index in [4.69, 9.17) is 49.0 Å². The van der Waals surface area contributed by atoms with E-state index in [9.17, 15) is 0 Å². The van der Waals surface area contributed by atoms with Crippen LogP contribution in [0.3, 0.4) is 0 Å². The lowest BCUT2D eigenvalue weighted by molar-refractivity contribution is 0.269. The van der Waals surface area contributed by atoms with E-state index >= 15 is 0 Å². The van der Waals surface area contributed by atoms with Crippen molar-refractivity contribution in [3.05, 3.63) is 80.9 Å². The minimum atomic E-state index is 0.291. The van der Waals surface area contributed by atoms with E-state index in [2.05, 4.69) is 10.3 Å². The van der Waals surface area contributed by atoms with Crippen LogP contribution in [0.1, 0.15) is 18.1 Å². The Balaban J connectivity index is 1.57. The maximum atomic E-state index is 6.50. The zero-order valence-corrected chi connectivity index (χ0v) is 19.3. The number of hydrogen-bond acceptors (Lipinski definition) is 5. The minimum absolute atomic E-state index is 0.291. The first-order valence-electron chi connectivity index (χ1n) is 9.83. The van der Waals surface area contributed by atoms with Gasteiger partial charge < -0.3 is 19.5 Å². The van der Waals surface area contributed by atoms with E-state index in [-0.39, 0.29) is 0 Å². The summed E-state index contributed by atoms with van der Waals surface area (Å²) in [5, 5.41) is 4.78. The Hall–Kier alpha value is -2.18. The highest BCUT2D eigenvalue weighted by Gasteiger charge is 2.13. The minimum Gasteiger partial charge on any atom is -0.490 e. The third kappa shape index (κ3) is 7.18. The summed E-state index contributed by atoms with van der Waals surface area (Å²) in [6.07, 6.45) is 1.70. The molecule has 1 N–H and O–H groups in total. The monoisotopic (exact) mass is 480 g/mol. The third-order valence-electron chi connectivity index (χ3n) is 4.23. The van der Waals surface area contributed by atoms with Crippen LogP contribution in [0.15, 0.2) is 54.7 Å². The molecule has 1 heterocycles. The lowest BCUT2D eigenvalue weighted by atomic mass is 10.2. The van der Waals surface area contributed by atoms with Gasteiger partial charge in [-0.1, -0.05) is 46.9 Å². The average Bonchev–Trinajstić information content (AvgIpc) is 2.76. The Labute approximate surface area is 197 Å². The van der Waals surface area contributed by atoms with Crippen LogP contribution in [0, 0.1) is 0 Å². The number of nitrogens with zero attached hydrogens (tertiary/aromatic N) is 1. The summed E-state index contributed by atoms with van der Waals surface area (Å²) in [5.41, 5.74) is 1.86. The highest BCUT2D eigenvalue weighted by atomic mass is 35.5. The van der Waals surface area contributed by atoms with Crippen LogP contribution in [0.4, 0.5) is 0 Å². The van der Waals surface area contributed by atoms with Gasteiger partial charge in [-0.2, -0.15) is 0 Å². The van der Waals surface area contributed by atoms with Crippen molar-refractivity contribution < 1.29 is 14.2 Å². The average molecular weight is 482 g/mol. The molecule has 0 atom stereocenters. The fourth-order valence-corrected chi connectivity index (χ4v) is 3.41. The molecule has 0 aliphatic heterocycles. The van der Waals surface area contributed by atoms with Crippen molar-refractivity contribution in [2.45, 2.75) is 20.1 Å². The molecule has 0 aliphatic rings. The first-order chi connectivity index (χ1) is 15.1. The fraction of sp³-hybridized carbons (Fsp3) is 0.261. The van der Waals surface area contributed by atoms with Crippen LogP contribution in [0.5, 0.6) is 17.4 Å². The number of ether oxygens (including phenoxy) is 3. The van der Waals surface area contributed by atoms with Gasteiger partial charge >= 0.3 is 0 Å². The zero-order chi connectivity index (χ0) is 22.1. The maximum Gasteiger partial charge on any atom is 0.213 e. The molecule has 0 saturated carbocycles. The number of halogens is 3. The highest BCUT2D eigenvalue weighted by molar-refractivity contribution is 6.42. The van der Waals surface area contributed by atoms with Gasteiger partial charge in [-0.15, -0.1) is 0 Å². The standard InChI is InChI=1S/C23H23Cl3N2O3/c1-2-29-21-13-17(14-27-9-10-30-22-5-3-4-8-28-22)12-20(26)23(21)31-15-16-6-7-18(24)19(25)11-16/h3-8,11-13,27H,2,9-10,14-15H2,1H3. The Bertz CT molecular complexity index is 987. The van der Waals surface area contributed by atoms with Gasteiger partial charge in [-0.05, 0) is 48.4 Å². The molecule has 0 bridgehead atoms. The molecule has 1 aromatic heterocycles. The molecule has 2 aromatic carbocycles. The summed E-state index contributed by atoms with van der Waals surface area (Å²) in [7, 11) is 0. The quantitative estimate of drug-likeness (QED) is 0.331. The number of pyridine rings is 1. The second-order valence-corrected chi connectivity index (χ2v) is 7.79. The fourth-order valence-electron chi connectivity index (χ4n) is 2.80. The van der Waals surface area contributed by atoms with Gasteiger partial charge in [-0.3, -0.25) is 0 Å². The second-order valence-electron chi connectivity index (χ2n) is 6.57. The highest BCUT2D eigenvalue weighted by Crippen LogP contribution is 2.37. The van der Waals surface area contributed by atoms with Crippen LogP contribution < -0.4 is 19.5 Å². The van der Waals surface area contributed by atoms with Crippen LogP contribution in [-0.2, 0) is 13.2 Å². The van der Waals surface area contributed by atoms with Gasteiger partial charge in [0.15, 0.2) is 11.5 Å². The number of nitrogens with one attached hydrogen (secondary N) is 1. The van der Waals surface area contributed by atoms with Crippen molar-refractivity contribution in [3.63, 3.8) is 0 Å². The molecule has 0 radical (unpaired) electrons. The van der Waals surface area contributed by atoms with Gasteiger partial charge in [0.05, 0.1) is 21.7 Å². The van der Waals surface area contributed by atoms with E-state index in [1.807, 2.05) is 43.3 Å². The molecule has 5 nitrogen and oxygen atoms in total. The Morgan fingerprint density at radius 3 is 2.45 bits per heavy atom. The molecule has 8 heteroatoms. The summed E-state index contributed by atoms with van der Waals surface area (Å²) in [6, 6.07) is 14.7. The molecule has 0 aliphatic carbocycles. The van der Waals surface area contributed by atoms with Crippen molar-refractivity contribution in [3.8, 4) is 17.4 Å². The summed E-state index contributed by atoms with van der Waals surface area (Å²) in [5.74, 6) is 1.70. The van der Waals surface area contributed by atoms with Crippen molar-refractivity contribution >= 4 is 34.8 Å². The van der Waals surface area contributed by atoms with Gasteiger partial charge in [0, 0.05) is 25.4 Å². The maximum absolute atomic E-state index is 6.50. The summed E-state index contributed by atoms with van der Waals surface area (Å²) < 4.78 is 17.3. The molecule has 3 aromatic rings. The predicted octanol–water partition coefficient (Wildman–Crippen LogP) is 6.19. The number of aromatic nitrogens is 1. The summed E-state index contributed by atoms with van der Waals surface area (Å²) in [6.45, 7) is 4.48. The molecule has 0 spiro atoms. The Morgan fingerprint density at radius 1 is 0.871 bits per heavy atom. The molecule has 164 valence electrons. The summed E-state index contributed by atoms with van der Waals surface area (Å²) >= 11 is 18.5. The SMILES string of the molecule is CCOc1cc(CNCCOc2ccccn2)cc(Cl)c1OCc1ccc(Cl)c(Cl)c1. The first kappa shape index (κ1) is 23.5. The van der Waals surface area contributed by atoms with E-state index in [0.717, 1.165) is 11.1 Å². The van der Waals surface area contributed by atoms with Crippen molar-refractivity contribution in [2.24, 2.45) is 0 Å². The Morgan fingerprint density at radius 2 is 1.71 bits per heavy atom. The van der Waals surface area contributed by atoms with Crippen LogP contribution in [0.2, 0.25) is 15.1 Å². The number of rotatable bonds is 11. The van der Waals surface area contributed by atoms with E-state index < -0.39 is 0 Å². The summed E-state index contributed by atoms with van der Waals surface area (Å²) in [4.78, 5) is 4.12. The second kappa shape index (κ2) is 12.0. The normalized spacial score (nSPS) is 10.7. The van der Waals surface area contributed by atoms with E-state index in [1.165, 1.54) is 0 Å². The molecule has 0 amide bonds. The lowest BCUT2D eigenvalue weighted by Gasteiger charge is -2.16. The third-order valence-corrected chi connectivity index (χ3v) is 5.25. The van der Waals surface area contributed by atoms with E-state index in [1.54, 1.807) is 18.3 Å². The van der Waals surface area contributed by atoms with E-state index in [0.29, 0.717) is 65.4 Å². The molecule has 3 rings (SSSR count). The molecule has 0 fully saturated rings. The van der Waals surface area contributed by atoms with Crippen molar-refractivity contribution in [2.75, 3.05) is 19.8 Å². The number of benzene rings is 2. The first-order valence-corrected chi connectivity index (χ1v) is 11.0. The molecule has 0 unspecified atom stereocenters. The van der Waals surface area contributed by atoms with Gasteiger partial charge in [-0.25, -0.2) is 4.98 Å². The van der Waals surface area contributed by atoms with Crippen LogP contribution in [0.25, 0.3) is 0 Å². The van der Waals surface area contributed by atoms with Gasteiger partial charge in [0.1, 0.15) is 13.2 Å². The van der Waals surface area contributed by atoms with Gasteiger partial charge in [0.2, 0.25) is 5.88 Å². The van der Waals surface area contributed by atoms with Crippen molar-refractivity contribution in [1.29, 1.82) is 0 Å². The topological polar surface area (TPSA) is 52.6 Å². The zero-order valence-electron chi connectivity index (χ0n) is 17.0. The molecule has 0 saturated heterocycles. The molecule has 31 heavy (non-hydrogen) atoms. The molecular weight excluding hydrogens is 459 g/mol. The lowest BCUT2D eigenvalue weighted by Crippen LogP contribution is -2.20. The largest absolute Gasteiger partial charge is 0.490 e. The van der Waals surface area contributed by atoms with Gasteiger partial charge in [0.25, 0.3) is 0 Å². The Kier molecular flexibility index (Phi) is 9.10. The number of hydrogen-bond donors (Lipinski definition) is 1. The van der Waals surface area contributed by atoms with Crippen LogP contribution in [-0.4, -0.2) is 24.7 Å². The van der Waals surface area contributed by atoms with Crippen LogP contribution >= 0.6 is 34.8 Å². The smallest absolute Gasteiger partial charge is 0.213 e. The predicted molar refractivity (Wildman–Crippen MR) is 125 cm³/mol. The molecular formula is C23H23Cl3N2O3. The van der Waals surface area contributed by atoms with Crippen molar-refractivity contribution in [1.82, 2.24) is 10.3 Å².